The van der Waals surface area contributed by atoms with Gasteiger partial charge in [0, 0.05) is 0 Å². The van der Waals surface area contributed by atoms with Crippen LogP contribution < -0.4 is 5.32 Å². The fourth-order valence-corrected chi connectivity index (χ4v) is 3.62. The second kappa shape index (κ2) is 6.04. The number of nitrogens with one attached hydrogen (secondary N) is 1. The number of nitriles is 1. The highest BCUT2D eigenvalue weighted by Gasteiger charge is 2.41. The molecule has 1 heterocycles. The van der Waals surface area contributed by atoms with Crippen molar-refractivity contribution in [2.24, 2.45) is 11.8 Å². The fraction of sp³-hybridized carbons (Fsp3) is 0.933. The number of hydrogen-bond acceptors (Lipinski definition) is 3. The van der Waals surface area contributed by atoms with Gasteiger partial charge >= 0.3 is 0 Å². The Bertz CT molecular complexity index is 301. The highest BCUT2D eigenvalue weighted by molar-refractivity contribution is 5.13. The molecule has 2 aliphatic rings. The summed E-state index contributed by atoms with van der Waals surface area (Å²) in [6.45, 7) is 6.05. The van der Waals surface area contributed by atoms with Crippen molar-refractivity contribution >= 4 is 0 Å². The van der Waals surface area contributed by atoms with E-state index < -0.39 is 0 Å². The van der Waals surface area contributed by atoms with Crippen LogP contribution in [0.25, 0.3) is 0 Å². The van der Waals surface area contributed by atoms with Gasteiger partial charge in [-0.15, -0.1) is 0 Å². The van der Waals surface area contributed by atoms with Crippen molar-refractivity contribution in [3.05, 3.63) is 0 Å². The lowest BCUT2D eigenvalue weighted by atomic mass is 9.85. The lowest BCUT2D eigenvalue weighted by Crippen LogP contribution is -2.46. The Morgan fingerprint density at radius 3 is 2.67 bits per heavy atom. The van der Waals surface area contributed by atoms with E-state index in [9.17, 15) is 5.26 Å². The van der Waals surface area contributed by atoms with Crippen LogP contribution >= 0.6 is 0 Å². The Kier molecular flexibility index (Phi) is 4.64. The Hall–Kier alpha value is -0.590. The monoisotopic (exact) mass is 249 g/mol. The summed E-state index contributed by atoms with van der Waals surface area (Å²) in [6.07, 6.45) is 7.33. The lowest BCUT2D eigenvalue weighted by Gasteiger charge is -2.33. The van der Waals surface area contributed by atoms with Gasteiger partial charge in [0.2, 0.25) is 0 Å². The van der Waals surface area contributed by atoms with Gasteiger partial charge in [-0.1, -0.05) is 13.3 Å². The van der Waals surface area contributed by atoms with Crippen molar-refractivity contribution in [3.8, 4) is 6.07 Å². The van der Waals surface area contributed by atoms with Crippen molar-refractivity contribution in [3.63, 3.8) is 0 Å². The van der Waals surface area contributed by atoms with Gasteiger partial charge in [0.15, 0.2) is 0 Å². The van der Waals surface area contributed by atoms with E-state index in [0.717, 1.165) is 12.3 Å². The van der Waals surface area contributed by atoms with Crippen LogP contribution in [0.2, 0.25) is 0 Å². The van der Waals surface area contributed by atoms with Crippen LogP contribution in [0.15, 0.2) is 0 Å². The van der Waals surface area contributed by atoms with Gasteiger partial charge in [0.1, 0.15) is 5.54 Å². The molecule has 0 bridgehead atoms. The minimum Gasteiger partial charge on any atom is -0.303 e. The molecule has 0 aromatic heterocycles. The number of hydrogen-bond donors (Lipinski definition) is 1. The third-order valence-electron chi connectivity index (χ3n) is 5.14. The summed E-state index contributed by atoms with van der Waals surface area (Å²) in [4.78, 5) is 2.59. The number of rotatable bonds is 4. The zero-order valence-electron chi connectivity index (χ0n) is 11.9. The van der Waals surface area contributed by atoms with Gasteiger partial charge in [-0.25, -0.2) is 0 Å². The molecule has 2 atom stereocenters. The molecule has 2 fully saturated rings. The fourth-order valence-electron chi connectivity index (χ4n) is 3.62. The van der Waals surface area contributed by atoms with E-state index in [2.05, 4.69) is 23.2 Å². The van der Waals surface area contributed by atoms with Crippen molar-refractivity contribution in [1.29, 1.82) is 5.26 Å². The molecule has 1 aliphatic heterocycles. The normalized spacial score (nSPS) is 34.6. The molecule has 2 unspecified atom stereocenters. The first kappa shape index (κ1) is 13.8. The molecular weight excluding hydrogens is 222 g/mol. The zero-order valence-corrected chi connectivity index (χ0v) is 11.9. The SMILES string of the molecule is CNC1(C#N)CCCC1CCN1CCC(C)CC1. The molecule has 3 heteroatoms. The summed E-state index contributed by atoms with van der Waals surface area (Å²) < 4.78 is 0. The van der Waals surface area contributed by atoms with Gasteiger partial charge in [-0.2, -0.15) is 5.26 Å². The Morgan fingerprint density at radius 2 is 2.06 bits per heavy atom. The molecule has 0 radical (unpaired) electrons. The third kappa shape index (κ3) is 2.87. The molecule has 0 spiro atoms. The quantitative estimate of drug-likeness (QED) is 0.831. The van der Waals surface area contributed by atoms with Gasteiger partial charge in [0.25, 0.3) is 0 Å². The van der Waals surface area contributed by atoms with Gasteiger partial charge in [-0.3, -0.25) is 0 Å². The van der Waals surface area contributed by atoms with E-state index in [1.807, 2.05) is 7.05 Å². The second-order valence-corrected chi connectivity index (χ2v) is 6.24. The molecule has 0 aromatic rings. The molecular formula is C15H27N3. The summed E-state index contributed by atoms with van der Waals surface area (Å²) in [5, 5.41) is 12.7. The molecule has 102 valence electrons. The Balaban J connectivity index is 1.81. The molecule has 18 heavy (non-hydrogen) atoms. The predicted octanol–water partition coefficient (Wildman–Crippen LogP) is 2.39. The maximum Gasteiger partial charge on any atom is 0.109 e. The first-order chi connectivity index (χ1) is 8.70. The van der Waals surface area contributed by atoms with Crippen LogP contribution in [0.3, 0.4) is 0 Å². The summed E-state index contributed by atoms with van der Waals surface area (Å²) >= 11 is 0. The maximum absolute atomic E-state index is 9.43. The maximum atomic E-state index is 9.43. The second-order valence-electron chi connectivity index (χ2n) is 6.24. The Morgan fingerprint density at radius 1 is 1.33 bits per heavy atom. The van der Waals surface area contributed by atoms with E-state index in [4.69, 9.17) is 0 Å². The molecule has 0 aromatic carbocycles. The number of likely N-dealkylation sites (tertiary alicyclic amines) is 1. The third-order valence-corrected chi connectivity index (χ3v) is 5.14. The lowest BCUT2D eigenvalue weighted by molar-refractivity contribution is 0.172. The summed E-state index contributed by atoms with van der Waals surface area (Å²) in [5.41, 5.74) is -0.233. The number of nitrogens with zero attached hydrogens (tertiary/aromatic N) is 2. The van der Waals surface area contributed by atoms with E-state index >= 15 is 0 Å². The average Bonchev–Trinajstić information content (AvgIpc) is 2.81. The summed E-state index contributed by atoms with van der Waals surface area (Å²) in [5.74, 6) is 1.45. The first-order valence-electron chi connectivity index (χ1n) is 7.52. The topological polar surface area (TPSA) is 39.1 Å². The van der Waals surface area contributed by atoms with E-state index in [-0.39, 0.29) is 5.54 Å². The Labute approximate surface area is 112 Å². The molecule has 3 nitrogen and oxygen atoms in total. The largest absolute Gasteiger partial charge is 0.303 e. The van der Waals surface area contributed by atoms with E-state index in [0.29, 0.717) is 5.92 Å². The van der Waals surface area contributed by atoms with Crippen LogP contribution in [0.4, 0.5) is 0 Å². The zero-order chi connectivity index (χ0) is 13.0. The average molecular weight is 249 g/mol. The van der Waals surface area contributed by atoms with Crippen LogP contribution in [0, 0.1) is 23.2 Å². The minimum atomic E-state index is -0.233. The van der Waals surface area contributed by atoms with Crippen molar-refractivity contribution < 1.29 is 0 Å². The minimum absolute atomic E-state index is 0.233. The predicted molar refractivity (Wildman–Crippen MR) is 74.2 cm³/mol. The van der Waals surface area contributed by atoms with Gasteiger partial charge < -0.3 is 10.2 Å². The highest BCUT2D eigenvalue weighted by atomic mass is 15.1. The standard InChI is InChI=1S/C15H27N3/c1-13-5-9-18(10-6-13)11-7-14-4-3-8-15(14,12-16)17-2/h13-14,17H,3-11H2,1-2H3. The van der Waals surface area contributed by atoms with Crippen LogP contribution in [-0.4, -0.2) is 37.1 Å². The van der Waals surface area contributed by atoms with E-state index in [1.54, 1.807) is 0 Å². The highest BCUT2D eigenvalue weighted by Crippen LogP contribution is 2.37. The van der Waals surface area contributed by atoms with Crippen LogP contribution in [-0.2, 0) is 0 Å². The smallest absolute Gasteiger partial charge is 0.109 e. The van der Waals surface area contributed by atoms with E-state index in [1.165, 1.54) is 51.7 Å². The first-order valence-corrected chi connectivity index (χ1v) is 7.52. The van der Waals surface area contributed by atoms with Crippen molar-refractivity contribution in [2.75, 3.05) is 26.7 Å². The van der Waals surface area contributed by atoms with Gasteiger partial charge in [0.05, 0.1) is 6.07 Å². The molecule has 0 amide bonds. The molecule has 1 N–H and O–H groups in total. The molecule has 1 aliphatic carbocycles. The van der Waals surface area contributed by atoms with Crippen LogP contribution in [0.5, 0.6) is 0 Å². The summed E-state index contributed by atoms with van der Waals surface area (Å²) in [6, 6.07) is 2.54. The van der Waals surface area contributed by atoms with Crippen LogP contribution in [0.1, 0.15) is 45.4 Å². The molecule has 1 saturated heterocycles. The molecule has 2 rings (SSSR count). The van der Waals surface area contributed by atoms with Crippen molar-refractivity contribution in [1.82, 2.24) is 10.2 Å². The number of piperidine rings is 1. The van der Waals surface area contributed by atoms with Crippen molar-refractivity contribution in [2.45, 2.75) is 51.0 Å². The molecule has 1 saturated carbocycles. The van der Waals surface area contributed by atoms with Gasteiger partial charge in [-0.05, 0) is 70.6 Å². The summed E-state index contributed by atoms with van der Waals surface area (Å²) in [7, 11) is 1.95.